The Hall–Kier alpha value is -1.94. The van der Waals surface area contributed by atoms with Crippen molar-refractivity contribution < 1.29 is 17.2 Å². The van der Waals surface area contributed by atoms with Crippen LogP contribution in [0.5, 0.6) is 0 Å². The summed E-state index contributed by atoms with van der Waals surface area (Å²) in [7, 11) is -1.59. The number of benzene rings is 1. The molecule has 0 atom stereocenters. The normalized spacial score (nSPS) is 15.9. The van der Waals surface area contributed by atoms with E-state index in [4.69, 9.17) is 0 Å². The average molecular weight is 432 g/mol. The Balaban J connectivity index is 1.91. The molecule has 0 aliphatic carbocycles. The third kappa shape index (κ3) is 6.53. The van der Waals surface area contributed by atoms with E-state index in [-0.39, 0.29) is 11.4 Å². The van der Waals surface area contributed by atoms with E-state index in [0.29, 0.717) is 52.2 Å². The number of piperazine rings is 1. The molecular weight excluding hydrogens is 400 g/mol. The molecule has 0 bridgehead atoms. The quantitative estimate of drug-likeness (QED) is 0.386. The van der Waals surface area contributed by atoms with Crippen LogP contribution < -0.4 is 10.2 Å². The van der Waals surface area contributed by atoms with E-state index in [1.165, 1.54) is 10.4 Å². The highest BCUT2D eigenvalue weighted by Crippen LogP contribution is 2.21. The zero-order valence-electron chi connectivity index (χ0n) is 17.4. The Labute approximate surface area is 172 Å². The predicted molar refractivity (Wildman–Crippen MR) is 113 cm³/mol. The van der Waals surface area contributed by atoms with Gasteiger partial charge in [-0.2, -0.15) is 0 Å². The fourth-order valence-corrected chi connectivity index (χ4v) is 4.00. The van der Waals surface area contributed by atoms with Gasteiger partial charge in [0.25, 0.3) is 0 Å². The highest BCUT2D eigenvalue weighted by Gasteiger charge is 2.22. The van der Waals surface area contributed by atoms with E-state index in [2.05, 4.69) is 15.2 Å². The summed E-state index contributed by atoms with van der Waals surface area (Å²) in [5.74, 6) is -0.0285. The molecule has 0 aromatic heterocycles. The third-order valence-corrected chi connectivity index (χ3v) is 6.76. The van der Waals surface area contributed by atoms with Gasteiger partial charge in [0.05, 0.1) is 11.4 Å². The van der Waals surface area contributed by atoms with Gasteiger partial charge < -0.3 is 15.1 Å². The first-order valence-corrected chi connectivity index (χ1v) is 11.6. The number of halogens is 2. The van der Waals surface area contributed by atoms with Crippen LogP contribution in [0.25, 0.3) is 0 Å². The van der Waals surface area contributed by atoms with Gasteiger partial charge in [0, 0.05) is 58.9 Å². The maximum atomic E-state index is 14.0. The molecule has 1 aliphatic rings. The minimum Gasteiger partial charge on any atom is -0.366 e. The maximum absolute atomic E-state index is 14.0. The largest absolute Gasteiger partial charge is 0.366 e. The lowest BCUT2D eigenvalue weighted by atomic mass is 10.2. The average Bonchev–Trinajstić information content (AvgIpc) is 2.72. The molecule has 1 N–H and O–H groups in total. The van der Waals surface area contributed by atoms with Gasteiger partial charge >= 0.3 is 0 Å². The number of aliphatic imine (C=N–C) groups is 1. The summed E-state index contributed by atoms with van der Waals surface area (Å²) in [5, 5.41) is 3.25. The zero-order valence-corrected chi connectivity index (χ0v) is 18.2. The number of guanidine groups is 1. The highest BCUT2D eigenvalue weighted by atomic mass is 32.2. The first kappa shape index (κ1) is 23.3. The molecule has 0 saturated carbocycles. The monoisotopic (exact) mass is 431 g/mol. The zero-order chi connectivity index (χ0) is 21.4. The van der Waals surface area contributed by atoms with Gasteiger partial charge in [0.1, 0.15) is 11.6 Å². The fourth-order valence-electron chi connectivity index (χ4n) is 3.15. The van der Waals surface area contributed by atoms with Crippen molar-refractivity contribution >= 4 is 21.7 Å². The number of anilines is 1. The van der Waals surface area contributed by atoms with E-state index in [0.717, 1.165) is 18.1 Å². The molecule has 1 aromatic carbocycles. The maximum Gasteiger partial charge on any atom is 0.213 e. The lowest BCUT2D eigenvalue weighted by molar-refractivity contribution is 0.370. The van der Waals surface area contributed by atoms with E-state index in [9.17, 15) is 17.2 Å². The molecule has 10 heteroatoms. The van der Waals surface area contributed by atoms with Gasteiger partial charge in [0.15, 0.2) is 5.96 Å². The van der Waals surface area contributed by atoms with Gasteiger partial charge in [-0.05, 0) is 32.4 Å². The standard InChI is InChI=1S/C19H31F2N5O2S/c1-4-22-19(23-9-6-10-24(3)29(27,28)5-2)26-13-11-25(12-14-26)18-15-16(20)7-8-17(18)21/h7-8,15H,4-6,9-14H2,1-3H3,(H,22,23). The Bertz CT molecular complexity index is 796. The van der Waals surface area contributed by atoms with Crippen LogP contribution in [-0.4, -0.2) is 82.2 Å². The molecule has 1 heterocycles. The molecule has 0 amide bonds. The van der Waals surface area contributed by atoms with Gasteiger partial charge in [-0.3, -0.25) is 4.99 Å². The first-order chi connectivity index (χ1) is 13.8. The minimum absolute atomic E-state index is 0.0889. The Kier molecular flexibility index (Phi) is 8.63. The predicted octanol–water partition coefficient (Wildman–Crippen LogP) is 1.72. The molecule has 29 heavy (non-hydrogen) atoms. The second kappa shape index (κ2) is 10.7. The van der Waals surface area contributed by atoms with Crippen molar-refractivity contribution in [1.82, 2.24) is 14.5 Å². The van der Waals surface area contributed by atoms with Crippen molar-refractivity contribution in [3.63, 3.8) is 0 Å². The van der Waals surface area contributed by atoms with Crippen LogP contribution in [0.2, 0.25) is 0 Å². The Morgan fingerprint density at radius 2 is 1.90 bits per heavy atom. The molecule has 2 rings (SSSR count). The topological polar surface area (TPSA) is 68.2 Å². The number of sulfonamides is 1. The van der Waals surface area contributed by atoms with E-state index in [1.807, 2.05) is 11.8 Å². The SMILES string of the molecule is CCNC(=NCCCN(C)S(=O)(=O)CC)N1CCN(c2cc(F)ccc2F)CC1. The lowest BCUT2D eigenvalue weighted by Crippen LogP contribution is -2.52. The molecule has 164 valence electrons. The molecule has 1 aliphatic heterocycles. The smallest absolute Gasteiger partial charge is 0.213 e. The summed E-state index contributed by atoms with van der Waals surface area (Å²) in [5.41, 5.74) is 0.284. The van der Waals surface area contributed by atoms with Gasteiger partial charge in [-0.1, -0.05) is 0 Å². The summed E-state index contributed by atoms with van der Waals surface area (Å²) < 4.78 is 52.4. The van der Waals surface area contributed by atoms with Gasteiger partial charge in [-0.25, -0.2) is 21.5 Å². The minimum atomic E-state index is -3.17. The molecule has 1 fully saturated rings. The van der Waals surface area contributed by atoms with E-state index < -0.39 is 21.7 Å². The lowest BCUT2D eigenvalue weighted by Gasteiger charge is -2.37. The Morgan fingerprint density at radius 3 is 2.52 bits per heavy atom. The van der Waals surface area contributed by atoms with Crippen LogP contribution in [0, 0.1) is 11.6 Å². The van der Waals surface area contributed by atoms with Crippen molar-refractivity contribution in [2.45, 2.75) is 20.3 Å². The summed E-state index contributed by atoms with van der Waals surface area (Å²) >= 11 is 0. The number of nitrogens with zero attached hydrogens (tertiary/aromatic N) is 4. The van der Waals surface area contributed by atoms with Crippen LogP contribution in [-0.2, 0) is 10.0 Å². The molecule has 0 unspecified atom stereocenters. The van der Waals surface area contributed by atoms with Gasteiger partial charge in [-0.15, -0.1) is 0 Å². The van der Waals surface area contributed by atoms with Gasteiger partial charge in [0.2, 0.25) is 10.0 Å². The van der Waals surface area contributed by atoms with Crippen molar-refractivity contribution in [2.24, 2.45) is 4.99 Å². The highest BCUT2D eigenvalue weighted by molar-refractivity contribution is 7.89. The van der Waals surface area contributed by atoms with Crippen LogP contribution in [0.15, 0.2) is 23.2 Å². The molecule has 7 nitrogen and oxygen atoms in total. The second-order valence-corrected chi connectivity index (χ2v) is 9.25. The molecular formula is C19H31F2N5O2S. The number of hydrogen-bond acceptors (Lipinski definition) is 4. The van der Waals surface area contributed by atoms with Crippen LogP contribution in [0.1, 0.15) is 20.3 Å². The van der Waals surface area contributed by atoms with Crippen molar-refractivity contribution in [3.05, 3.63) is 29.8 Å². The molecule has 1 aromatic rings. The van der Waals surface area contributed by atoms with E-state index >= 15 is 0 Å². The summed E-state index contributed by atoms with van der Waals surface area (Å²) in [6.07, 6.45) is 0.624. The summed E-state index contributed by atoms with van der Waals surface area (Å²) in [6, 6.07) is 3.50. The molecule has 1 saturated heterocycles. The number of hydrogen-bond donors (Lipinski definition) is 1. The fraction of sp³-hybridized carbons (Fsp3) is 0.632. The van der Waals surface area contributed by atoms with E-state index in [1.54, 1.807) is 14.0 Å². The Morgan fingerprint density at radius 1 is 1.21 bits per heavy atom. The number of rotatable bonds is 8. The first-order valence-electron chi connectivity index (χ1n) is 9.95. The molecule has 0 radical (unpaired) electrons. The van der Waals surface area contributed by atoms with Crippen LogP contribution in [0.4, 0.5) is 14.5 Å². The molecule has 0 spiro atoms. The summed E-state index contributed by atoms with van der Waals surface area (Å²) in [4.78, 5) is 8.53. The van der Waals surface area contributed by atoms with Crippen LogP contribution >= 0.6 is 0 Å². The van der Waals surface area contributed by atoms with Crippen molar-refractivity contribution in [3.8, 4) is 0 Å². The third-order valence-electron chi connectivity index (χ3n) is 4.90. The second-order valence-electron chi connectivity index (χ2n) is 6.88. The number of nitrogens with one attached hydrogen (secondary N) is 1. The summed E-state index contributed by atoms with van der Waals surface area (Å²) in [6.45, 7) is 7.62. The van der Waals surface area contributed by atoms with Crippen molar-refractivity contribution in [2.75, 3.05) is 63.5 Å². The van der Waals surface area contributed by atoms with Crippen LogP contribution in [0.3, 0.4) is 0 Å². The van der Waals surface area contributed by atoms with Crippen molar-refractivity contribution in [1.29, 1.82) is 0 Å².